The molecule has 0 aromatic heterocycles. The van der Waals surface area contributed by atoms with Crippen LogP contribution >= 0.6 is 0 Å². The van der Waals surface area contributed by atoms with Crippen LogP contribution in [0.4, 0.5) is 5.69 Å². The molecule has 0 fully saturated rings. The van der Waals surface area contributed by atoms with Crippen molar-refractivity contribution < 1.29 is 19.1 Å². The Kier molecular flexibility index (Phi) is 6.19. The zero-order chi connectivity index (χ0) is 17.4. The van der Waals surface area contributed by atoms with E-state index in [0.29, 0.717) is 17.2 Å². The number of carbonyl (C=O) groups is 1. The van der Waals surface area contributed by atoms with Crippen molar-refractivity contribution >= 4 is 17.8 Å². The summed E-state index contributed by atoms with van der Waals surface area (Å²) < 4.78 is 10.4. The van der Waals surface area contributed by atoms with Gasteiger partial charge in [-0.15, -0.1) is 0 Å². The van der Waals surface area contributed by atoms with Gasteiger partial charge in [0.2, 0.25) is 6.10 Å². The molecule has 2 aromatic carbocycles. The molecule has 0 saturated heterocycles. The fourth-order valence-corrected chi connectivity index (χ4v) is 1.93. The number of benzene rings is 2. The minimum absolute atomic E-state index is 0.313. The van der Waals surface area contributed by atoms with Crippen LogP contribution in [0.1, 0.15) is 12.5 Å². The molecule has 1 N–H and O–H groups in total. The van der Waals surface area contributed by atoms with Crippen molar-refractivity contribution in [3.63, 3.8) is 0 Å². The Morgan fingerprint density at radius 3 is 2.46 bits per heavy atom. The van der Waals surface area contributed by atoms with Crippen LogP contribution in [-0.4, -0.2) is 32.4 Å². The Morgan fingerprint density at radius 2 is 1.79 bits per heavy atom. The first-order valence-electron chi connectivity index (χ1n) is 7.41. The number of rotatable bonds is 7. The second-order valence-electron chi connectivity index (χ2n) is 4.95. The van der Waals surface area contributed by atoms with Crippen molar-refractivity contribution in [2.24, 2.45) is 5.16 Å². The first kappa shape index (κ1) is 17.3. The zero-order valence-corrected chi connectivity index (χ0v) is 13.9. The minimum atomic E-state index is -0.738. The molecular weight excluding hydrogens is 308 g/mol. The molecule has 0 heterocycles. The van der Waals surface area contributed by atoms with Crippen molar-refractivity contribution in [2.75, 3.05) is 19.5 Å². The highest BCUT2D eigenvalue weighted by Gasteiger charge is 2.15. The van der Waals surface area contributed by atoms with Crippen LogP contribution < -0.4 is 14.8 Å². The van der Waals surface area contributed by atoms with Crippen LogP contribution in [0.2, 0.25) is 0 Å². The van der Waals surface area contributed by atoms with Gasteiger partial charge in [-0.3, -0.25) is 4.79 Å². The van der Waals surface area contributed by atoms with Crippen LogP contribution in [-0.2, 0) is 9.63 Å². The number of carbonyl (C=O) groups excluding carboxylic acids is 1. The van der Waals surface area contributed by atoms with Gasteiger partial charge in [-0.05, 0) is 24.6 Å². The number of hydrogen-bond donors (Lipinski definition) is 1. The van der Waals surface area contributed by atoms with Crippen LogP contribution in [0.15, 0.2) is 53.7 Å². The molecule has 0 bridgehead atoms. The molecule has 6 heteroatoms. The zero-order valence-electron chi connectivity index (χ0n) is 13.9. The Labute approximate surface area is 141 Å². The number of nitrogens with zero attached hydrogens (tertiary/aromatic N) is 1. The topological polar surface area (TPSA) is 69.2 Å². The summed E-state index contributed by atoms with van der Waals surface area (Å²) in [7, 11) is 3.09. The van der Waals surface area contributed by atoms with E-state index >= 15 is 0 Å². The smallest absolute Gasteiger partial charge is 0.267 e. The van der Waals surface area contributed by atoms with E-state index in [2.05, 4.69) is 10.5 Å². The first-order valence-corrected chi connectivity index (χ1v) is 7.41. The highest BCUT2D eigenvalue weighted by molar-refractivity contribution is 5.94. The quantitative estimate of drug-likeness (QED) is 0.626. The Hall–Kier alpha value is -3.02. The number of amides is 1. The average molecular weight is 328 g/mol. The molecule has 126 valence electrons. The number of hydrogen-bond acceptors (Lipinski definition) is 5. The van der Waals surface area contributed by atoms with Crippen LogP contribution in [0, 0.1) is 0 Å². The molecule has 2 aromatic rings. The Balaban J connectivity index is 1.93. The predicted octanol–water partition coefficient (Wildman–Crippen LogP) is 3.08. The molecule has 24 heavy (non-hydrogen) atoms. The van der Waals surface area contributed by atoms with Gasteiger partial charge >= 0.3 is 0 Å². The maximum Gasteiger partial charge on any atom is 0.267 e. The molecular formula is C18H20N2O4. The molecule has 1 amide bonds. The monoisotopic (exact) mass is 328 g/mol. The number of nitrogens with one attached hydrogen (secondary N) is 1. The normalized spacial score (nSPS) is 11.8. The second kappa shape index (κ2) is 8.57. The third kappa shape index (κ3) is 4.74. The second-order valence-corrected chi connectivity index (χ2v) is 4.95. The van der Waals surface area contributed by atoms with Gasteiger partial charge in [0.15, 0.2) is 11.5 Å². The summed E-state index contributed by atoms with van der Waals surface area (Å²) in [5.74, 6) is 0.811. The maximum absolute atomic E-state index is 12.1. The van der Waals surface area contributed by atoms with Crippen LogP contribution in [0.25, 0.3) is 0 Å². The molecule has 1 unspecified atom stereocenters. The van der Waals surface area contributed by atoms with E-state index in [4.69, 9.17) is 14.3 Å². The lowest BCUT2D eigenvalue weighted by Gasteiger charge is -2.13. The summed E-state index contributed by atoms with van der Waals surface area (Å²) >= 11 is 0. The van der Waals surface area contributed by atoms with Gasteiger partial charge in [0, 0.05) is 11.8 Å². The van der Waals surface area contributed by atoms with E-state index < -0.39 is 6.10 Å². The van der Waals surface area contributed by atoms with Gasteiger partial charge in [-0.25, -0.2) is 0 Å². The van der Waals surface area contributed by atoms with E-state index in [0.717, 1.165) is 5.56 Å². The first-order chi connectivity index (χ1) is 11.6. The highest BCUT2D eigenvalue weighted by atomic mass is 16.6. The van der Waals surface area contributed by atoms with Crippen LogP contribution in [0.5, 0.6) is 11.5 Å². The standard InChI is InChI=1S/C18H20N2O4/c1-13(24-19-12-14-7-5-4-6-8-14)18(21)20-15-9-10-16(22-2)17(11-15)23-3/h4-13H,1-3H3,(H,20,21)/b19-12+. The lowest BCUT2D eigenvalue weighted by Crippen LogP contribution is -2.26. The summed E-state index contributed by atoms with van der Waals surface area (Å²) in [6.45, 7) is 1.62. The molecule has 2 rings (SSSR count). The van der Waals surface area contributed by atoms with E-state index in [1.54, 1.807) is 38.4 Å². The van der Waals surface area contributed by atoms with Gasteiger partial charge in [-0.1, -0.05) is 35.5 Å². The number of ether oxygens (including phenoxy) is 2. The maximum atomic E-state index is 12.1. The van der Waals surface area contributed by atoms with Crippen molar-refractivity contribution in [1.29, 1.82) is 0 Å². The summed E-state index contributed by atoms with van der Waals surface area (Å²) in [6.07, 6.45) is 0.818. The fraction of sp³-hybridized carbons (Fsp3) is 0.222. The number of oxime groups is 1. The van der Waals surface area contributed by atoms with Gasteiger partial charge < -0.3 is 19.6 Å². The molecule has 0 saturated carbocycles. The molecule has 0 aliphatic rings. The lowest BCUT2D eigenvalue weighted by molar-refractivity contribution is -0.126. The molecule has 1 atom stereocenters. The minimum Gasteiger partial charge on any atom is -0.493 e. The average Bonchev–Trinajstić information content (AvgIpc) is 2.62. The number of methoxy groups -OCH3 is 2. The predicted molar refractivity (Wildman–Crippen MR) is 92.8 cm³/mol. The van der Waals surface area contributed by atoms with Gasteiger partial charge in [-0.2, -0.15) is 0 Å². The van der Waals surface area contributed by atoms with Gasteiger partial charge in [0.1, 0.15) is 0 Å². The molecule has 0 aliphatic carbocycles. The third-order valence-corrected chi connectivity index (χ3v) is 3.24. The largest absolute Gasteiger partial charge is 0.493 e. The van der Waals surface area contributed by atoms with E-state index in [1.165, 1.54) is 7.11 Å². The van der Waals surface area contributed by atoms with E-state index in [1.807, 2.05) is 30.3 Å². The van der Waals surface area contributed by atoms with Crippen molar-refractivity contribution in [3.8, 4) is 11.5 Å². The summed E-state index contributed by atoms with van der Waals surface area (Å²) in [4.78, 5) is 17.3. The summed E-state index contributed by atoms with van der Waals surface area (Å²) in [5.41, 5.74) is 1.48. The van der Waals surface area contributed by atoms with Gasteiger partial charge in [0.25, 0.3) is 5.91 Å². The highest BCUT2D eigenvalue weighted by Crippen LogP contribution is 2.29. The molecule has 0 spiro atoms. The fourth-order valence-electron chi connectivity index (χ4n) is 1.93. The summed E-state index contributed by atoms with van der Waals surface area (Å²) in [6, 6.07) is 14.6. The van der Waals surface area contributed by atoms with Gasteiger partial charge in [0.05, 0.1) is 20.4 Å². The number of anilines is 1. The Bertz CT molecular complexity index is 701. The SMILES string of the molecule is COc1ccc(NC(=O)C(C)O/N=C/c2ccccc2)cc1OC. The van der Waals surface area contributed by atoms with Crippen molar-refractivity contribution in [3.05, 3.63) is 54.1 Å². The van der Waals surface area contributed by atoms with E-state index in [9.17, 15) is 4.79 Å². The molecule has 0 aliphatic heterocycles. The Morgan fingerprint density at radius 1 is 1.08 bits per heavy atom. The molecule has 0 radical (unpaired) electrons. The summed E-state index contributed by atoms with van der Waals surface area (Å²) in [5, 5.41) is 6.58. The van der Waals surface area contributed by atoms with Crippen molar-refractivity contribution in [2.45, 2.75) is 13.0 Å². The van der Waals surface area contributed by atoms with Crippen molar-refractivity contribution in [1.82, 2.24) is 0 Å². The van der Waals surface area contributed by atoms with E-state index in [-0.39, 0.29) is 5.91 Å². The van der Waals surface area contributed by atoms with Crippen LogP contribution in [0.3, 0.4) is 0 Å². The molecule has 6 nitrogen and oxygen atoms in total. The lowest BCUT2D eigenvalue weighted by atomic mass is 10.2. The third-order valence-electron chi connectivity index (χ3n) is 3.24.